The summed E-state index contributed by atoms with van der Waals surface area (Å²) >= 11 is 1.66. The summed E-state index contributed by atoms with van der Waals surface area (Å²) in [4.78, 5) is 21.7. The molecule has 2 heterocycles. The van der Waals surface area contributed by atoms with Gasteiger partial charge in [0.2, 0.25) is 0 Å². The van der Waals surface area contributed by atoms with E-state index >= 15 is 0 Å². The van der Waals surface area contributed by atoms with Crippen molar-refractivity contribution in [3.05, 3.63) is 53.6 Å². The quantitative estimate of drug-likeness (QED) is 0.442. The zero-order chi connectivity index (χ0) is 23.8. The predicted octanol–water partition coefficient (Wildman–Crippen LogP) is 5.72. The van der Waals surface area contributed by atoms with Gasteiger partial charge in [0.15, 0.2) is 0 Å². The van der Waals surface area contributed by atoms with Crippen molar-refractivity contribution in [3.63, 3.8) is 0 Å². The van der Waals surface area contributed by atoms with Crippen LogP contribution < -0.4 is 9.64 Å². The number of rotatable bonds is 5. The third-order valence-corrected chi connectivity index (χ3v) is 8.10. The first-order valence-electron chi connectivity index (χ1n) is 12.2. The number of allylic oxidation sites excluding steroid dienone is 1. The molecule has 2 fully saturated rings. The lowest BCUT2D eigenvalue weighted by atomic mass is 9.82. The first-order chi connectivity index (χ1) is 16.4. The van der Waals surface area contributed by atoms with Gasteiger partial charge in [-0.15, -0.1) is 11.3 Å². The van der Waals surface area contributed by atoms with Gasteiger partial charge in [0.25, 0.3) is 0 Å². The second-order valence-electron chi connectivity index (χ2n) is 9.85. The standard InChI is InChI=1S/C28H33N3O2S/c1-18-13-22(15-25(32)14-18)19(2)33-27-17-23(16-26-28(27)34-20(3)29-26)21-5-7-24(8-6-21)31-11-9-30(4)10-12-31/h5-8,16-17,19,22H,1,9-15H2,2-4H3/t19-,22+/m1/s1. The Morgan fingerprint density at radius 1 is 1.09 bits per heavy atom. The second kappa shape index (κ2) is 9.51. The summed E-state index contributed by atoms with van der Waals surface area (Å²) in [6.07, 6.45) is 1.87. The van der Waals surface area contributed by atoms with Crippen LogP contribution in [0.1, 0.15) is 31.2 Å². The Balaban J connectivity index is 1.41. The van der Waals surface area contributed by atoms with Crippen molar-refractivity contribution in [1.82, 2.24) is 9.88 Å². The number of piperazine rings is 1. The van der Waals surface area contributed by atoms with Crippen LogP contribution >= 0.6 is 11.3 Å². The summed E-state index contributed by atoms with van der Waals surface area (Å²) < 4.78 is 7.60. The predicted molar refractivity (Wildman–Crippen MR) is 141 cm³/mol. The van der Waals surface area contributed by atoms with Crippen LogP contribution in [0.5, 0.6) is 5.75 Å². The van der Waals surface area contributed by atoms with Gasteiger partial charge in [-0.05, 0) is 62.7 Å². The number of fused-ring (bicyclic) bond motifs is 1. The molecule has 1 saturated carbocycles. The molecule has 2 aliphatic rings. The van der Waals surface area contributed by atoms with Crippen molar-refractivity contribution >= 4 is 33.0 Å². The zero-order valence-corrected chi connectivity index (χ0v) is 21.2. The minimum atomic E-state index is -0.0681. The Morgan fingerprint density at radius 3 is 2.53 bits per heavy atom. The van der Waals surface area contributed by atoms with E-state index in [0.717, 1.165) is 70.3 Å². The highest BCUT2D eigenvalue weighted by atomic mass is 32.1. The van der Waals surface area contributed by atoms with E-state index in [2.05, 4.69) is 66.7 Å². The second-order valence-corrected chi connectivity index (χ2v) is 11.1. The summed E-state index contributed by atoms with van der Waals surface area (Å²) in [6, 6.07) is 13.1. The SMILES string of the molecule is C=C1CC(=O)C[C@@H]([C@@H](C)Oc2cc(-c3ccc(N4CCN(C)CC4)cc3)cc3nc(C)sc23)C1. The van der Waals surface area contributed by atoms with Gasteiger partial charge in [-0.25, -0.2) is 4.98 Å². The number of aromatic nitrogens is 1. The first kappa shape index (κ1) is 23.1. The van der Waals surface area contributed by atoms with Crippen LogP contribution in [0.3, 0.4) is 0 Å². The lowest BCUT2D eigenvalue weighted by Crippen LogP contribution is -2.44. The van der Waals surface area contributed by atoms with Gasteiger partial charge in [0.05, 0.1) is 21.3 Å². The molecule has 1 aliphatic carbocycles. The van der Waals surface area contributed by atoms with E-state index in [1.807, 2.05) is 6.92 Å². The van der Waals surface area contributed by atoms with E-state index < -0.39 is 0 Å². The van der Waals surface area contributed by atoms with Crippen LogP contribution in [0.25, 0.3) is 21.3 Å². The third-order valence-electron chi connectivity index (χ3n) is 7.10. The van der Waals surface area contributed by atoms with Gasteiger partial charge >= 0.3 is 0 Å². The summed E-state index contributed by atoms with van der Waals surface area (Å²) in [6.45, 7) is 12.5. The number of hydrogen-bond donors (Lipinski definition) is 0. The zero-order valence-electron chi connectivity index (χ0n) is 20.3. The molecular formula is C28H33N3O2S. The fraction of sp³-hybridized carbons (Fsp3) is 0.429. The minimum absolute atomic E-state index is 0.0681. The highest BCUT2D eigenvalue weighted by molar-refractivity contribution is 7.18. The molecule has 0 spiro atoms. The topological polar surface area (TPSA) is 45.7 Å². The smallest absolute Gasteiger partial charge is 0.139 e. The molecule has 0 radical (unpaired) electrons. The molecular weight excluding hydrogens is 442 g/mol. The maximum Gasteiger partial charge on any atom is 0.139 e. The molecule has 0 N–H and O–H groups in total. The number of carbonyl (C=O) groups is 1. The fourth-order valence-electron chi connectivity index (χ4n) is 5.08. The van der Waals surface area contributed by atoms with Crippen molar-refractivity contribution in [2.45, 2.75) is 39.2 Å². The molecule has 5 rings (SSSR count). The average Bonchev–Trinajstić information content (AvgIpc) is 3.19. The number of likely N-dealkylation sites (N-methyl/N-ethyl adjacent to an activating group) is 1. The van der Waals surface area contributed by atoms with E-state index in [0.29, 0.717) is 12.8 Å². The highest BCUT2D eigenvalue weighted by Crippen LogP contribution is 2.38. The van der Waals surface area contributed by atoms with Crippen LogP contribution in [-0.2, 0) is 4.79 Å². The lowest BCUT2D eigenvalue weighted by molar-refractivity contribution is -0.121. The van der Waals surface area contributed by atoms with E-state index in [9.17, 15) is 4.79 Å². The van der Waals surface area contributed by atoms with Gasteiger partial charge in [-0.2, -0.15) is 0 Å². The summed E-state index contributed by atoms with van der Waals surface area (Å²) in [5, 5.41) is 1.02. The Hall–Kier alpha value is -2.70. The van der Waals surface area contributed by atoms with Crippen molar-refractivity contribution in [2.24, 2.45) is 5.92 Å². The summed E-state index contributed by atoms with van der Waals surface area (Å²) in [5.74, 6) is 1.30. The Morgan fingerprint density at radius 2 is 1.82 bits per heavy atom. The van der Waals surface area contributed by atoms with Crippen LogP contribution in [0.15, 0.2) is 48.6 Å². The van der Waals surface area contributed by atoms with Crippen molar-refractivity contribution < 1.29 is 9.53 Å². The highest BCUT2D eigenvalue weighted by Gasteiger charge is 2.28. The van der Waals surface area contributed by atoms with Gasteiger partial charge < -0.3 is 14.5 Å². The van der Waals surface area contributed by atoms with Crippen LogP contribution in [-0.4, -0.2) is 55.0 Å². The summed E-state index contributed by atoms with van der Waals surface area (Å²) in [7, 11) is 2.18. The Kier molecular flexibility index (Phi) is 6.45. The average molecular weight is 476 g/mol. The van der Waals surface area contributed by atoms with Gasteiger partial charge in [0, 0.05) is 50.6 Å². The number of ketones is 1. The molecule has 178 valence electrons. The molecule has 3 aromatic rings. The van der Waals surface area contributed by atoms with Gasteiger partial charge in [-0.1, -0.05) is 24.3 Å². The van der Waals surface area contributed by atoms with E-state index in [1.165, 1.54) is 5.69 Å². The van der Waals surface area contributed by atoms with Crippen molar-refractivity contribution in [1.29, 1.82) is 0 Å². The third kappa shape index (κ3) is 4.89. The number of carbonyl (C=O) groups excluding carboxylic acids is 1. The van der Waals surface area contributed by atoms with Crippen molar-refractivity contribution in [3.8, 4) is 16.9 Å². The number of thiazole rings is 1. The number of ether oxygens (including phenoxy) is 1. The molecule has 0 unspecified atom stereocenters. The number of aryl methyl sites for hydroxylation is 1. The van der Waals surface area contributed by atoms with E-state index in [1.54, 1.807) is 11.3 Å². The van der Waals surface area contributed by atoms with Gasteiger partial charge in [0.1, 0.15) is 11.5 Å². The number of hydrogen-bond acceptors (Lipinski definition) is 6. The number of nitrogens with zero attached hydrogens (tertiary/aromatic N) is 3. The normalized spacial score (nSPS) is 20.7. The molecule has 34 heavy (non-hydrogen) atoms. The Labute approximate surface area is 206 Å². The van der Waals surface area contributed by atoms with Gasteiger partial charge in [-0.3, -0.25) is 4.79 Å². The summed E-state index contributed by atoms with van der Waals surface area (Å²) in [5.41, 5.74) is 5.52. The lowest BCUT2D eigenvalue weighted by Gasteiger charge is -2.34. The largest absolute Gasteiger partial charge is 0.489 e. The molecule has 1 saturated heterocycles. The van der Waals surface area contributed by atoms with E-state index in [-0.39, 0.29) is 17.8 Å². The molecule has 1 aromatic heterocycles. The molecule has 5 nitrogen and oxygen atoms in total. The maximum atomic E-state index is 12.1. The maximum absolute atomic E-state index is 12.1. The monoisotopic (exact) mass is 475 g/mol. The molecule has 0 bridgehead atoms. The van der Waals surface area contributed by atoms with E-state index in [4.69, 9.17) is 9.72 Å². The number of benzene rings is 2. The van der Waals surface area contributed by atoms with Crippen LogP contribution in [0.4, 0.5) is 5.69 Å². The minimum Gasteiger partial charge on any atom is -0.489 e. The van der Waals surface area contributed by atoms with Crippen molar-refractivity contribution in [2.75, 3.05) is 38.1 Å². The fourth-order valence-corrected chi connectivity index (χ4v) is 5.94. The Bertz CT molecular complexity index is 1190. The molecule has 2 aromatic carbocycles. The number of Topliss-reactive ketones (excluding diaryl/α,β-unsaturated/α-hetero) is 1. The molecule has 2 atom stereocenters. The van der Waals surface area contributed by atoms with Crippen LogP contribution in [0.2, 0.25) is 0 Å². The number of anilines is 1. The molecule has 6 heteroatoms. The first-order valence-corrected chi connectivity index (χ1v) is 13.0. The van der Waals surface area contributed by atoms with Crippen LogP contribution in [0, 0.1) is 12.8 Å². The molecule has 1 aliphatic heterocycles. The molecule has 0 amide bonds.